The lowest BCUT2D eigenvalue weighted by molar-refractivity contribution is 0.521. The van der Waals surface area contributed by atoms with Crippen LogP contribution in [0.3, 0.4) is 0 Å². The molecule has 0 bridgehead atoms. The van der Waals surface area contributed by atoms with E-state index in [1.54, 1.807) is 29.0 Å². The van der Waals surface area contributed by atoms with Gasteiger partial charge in [-0.15, -0.1) is 11.3 Å². The number of nitrogen functional groups attached to an aromatic ring is 1. The Kier molecular flexibility index (Phi) is 4.50. The second-order valence-corrected chi connectivity index (χ2v) is 7.78. The van der Waals surface area contributed by atoms with Gasteiger partial charge in [0.2, 0.25) is 10.0 Å². The molecule has 1 heterocycles. The smallest absolute Gasteiger partial charge is 0.244 e. The summed E-state index contributed by atoms with van der Waals surface area (Å²) in [6, 6.07) is 4.95. The van der Waals surface area contributed by atoms with Crippen LogP contribution in [0.15, 0.2) is 28.6 Å². The third kappa shape index (κ3) is 3.17. The van der Waals surface area contributed by atoms with Crippen molar-refractivity contribution in [1.29, 1.82) is 0 Å². The molecule has 6 nitrogen and oxygen atoms in total. The van der Waals surface area contributed by atoms with E-state index in [1.807, 2.05) is 6.92 Å². The number of nitrogens with zero attached hydrogens (tertiary/aromatic N) is 2. The summed E-state index contributed by atoms with van der Waals surface area (Å²) in [6.45, 7) is 2.50. The quantitative estimate of drug-likeness (QED) is 0.819. The average molecular weight is 326 g/mol. The van der Waals surface area contributed by atoms with Crippen molar-refractivity contribution in [1.82, 2.24) is 9.29 Å². The van der Waals surface area contributed by atoms with Gasteiger partial charge in [0, 0.05) is 19.0 Å². The molecule has 0 unspecified atom stereocenters. The van der Waals surface area contributed by atoms with Gasteiger partial charge in [0.25, 0.3) is 0 Å². The van der Waals surface area contributed by atoms with Gasteiger partial charge in [0.15, 0.2) is 0 Å². The predicted octanol–water partition coefficient (Wildman–Crippen LogP) is 1.90. The van der Waals surface area contributed by atoms with Crippen LogP contribution in [0.5, 0.6) is 0 Å². The van der Waals surface area contributed by atoms with Crippen LogP contribution < -0.4 is 11.1 Å². The molecule has 1 aromatic carbocycles. The first-order valence-electron chi connectivity index (χ1n) is 6.28. The summed E-state index contributed by atoms with van der Waals surface area (Å²) in [5.41, 5.74) is 9.58. The SMILES string of the molecule is Cc1ncsc1CNc1cccc(S(=O)(=O)N(C)C)c1N. The Morgan fingerprint density at radius 1 is 1.38 bits per heavy atom. The Balaban J connectivity index is 2.29. The van der Waals surface area contributed by atoms with Crippen LogP contribution in [-0.2, 0) is 16.6 Å². The van der Waals surface area contributed by atoms with Gasteiger partial charge in [0.1, 0.15) is 4.90 Å². The van der Waals surface area contributed by atoms with Gasteiger partial charge in [-0.1, -0.05) is 6.07 Å². The number of para-hydroxylation sites is 1. The Labute approximate surface area is 128 Å². The van der Waals surface area contributed by atoms with E-state index in [9.17, 15) is 8.42 Å². The van der Waals surface area contributed by atoms with Crippen LogP contribution in [0.2, 0.25) is 0 Å². The average Bonchev–Trinajstić information content (AvgIpc) is 2.82. The number of sulfonamides is 1. The van der Waals surface area contributed by atoms with Gasteiger partial charge >= 0.3 is 0 Å². The number of thiazole rings is 1. The van der Waals surface area contributed by atoms with E-state index in [2.05, 4.69) is 10.3 Å². The Morgan fingerprint density at radius 2 is 2.10 bits per heavy atom. The molecule has 0 aliphatic carbocycles. The zero-order chi connectivity index (χ0) is 15.6. The molecule has 0 spiro atoms. The van der Waals surface area contributed by atoms with Crippen LogP contribution in [0, 0.1) is 6.92 Å². The van der Waals surface area contributed by atoms with Crippen LogP contribution >= 0.6 is 11.3 Å². The summed E-state index contributed by atoms with van der Waals surface area (Å²) < 4.78 is 25.6. The summed E-state index contributed by atoms with van der Waals surface area (Å²) in [6.07, 6.45) is 0. The first-order valence-corrected chi connectivity index (χ1v) is 8.60. The third-order valence-electron chi connectivity index (χ3n) is 3.11. The fraction of sp³-hybridized carbons (Fsp3) is 0.308. The van der Waals surface area contributed by atoms with Crippen molar-refractivity contribution >= 4 is 32.7 Å². The third-order valence-corrected chi connectivity index (χ3v) is 5.92. The molecule has 0 saturated carbocycles. The van der Waals surface area contributed by atoms with E-state index < -0.39 is 10.0 Å². The number of rotatable bonds is 5. The molecule has 0 saturated heterocycles. The molecule has 2 rings (SSSR count). The zero-order valence-corrected chi connectivity index (χ0v) is 13.8. The number of nitrogens with one attached hydrogen (secondary N) is 1. The molecule has 3 N–H and O–H groups in total. The molecule has 8 heteroatoms. The Hall–Kier alpha value is -1.64. The Bertz CT molecular complexity index is 738. The minimum Gasteiger partial charge on any atom is -0.396 e. The van der Waals surface area contributed by atoms with E-state index in [1.165, 1.54) is 20.2 Å². The summed E-state index contributed by atoms with van der Waals surface area (Å²) in [7, 11) is -0.588. The molecule has 0 radical (unpaired) electrons. The molecular weight excluding hydrogens is 308 g/mol. The van der Waals surface area contributed by atoms with Crippen LogP contribution in [0.4, 0.5) is 11.4 Å². The maximum absolute atomic E-state index is 12.2. The highest BCUT2D eigenvalue weighted by molar-refractivity contribution is 7.89. The van der Waals surface area contributed by atoms with Crippen LogP contribution in [0.25, 0.3) is 0 Å². The fourth-order valence-corrected chi connectivity index (χ4v) is 3.54. The van der Waals surface area contributed by atoms with Gasteiger partial charge in [-0.2, -0.15) is 0 Å². The molecule has 0 aliphatic rings. The number of benzene rings is 1. The number of aromatic nitrogens is 1. The first kappa shape index (κ1) is 15.7. The minimum atomic E-state index is -3.55. The van der Waals surface area contributed by atoms with Gasteiger partial charge in [0.05, 0.1) is 29.1 Å². The van der Waals surface area contributed by atoms with Gasteiger partial charge < -0.3 is 11.1 Å². The van der Waals surface area contributed by atoms with Crippen molar-refractivity contribution in [3.8, 4) is 0 Å². The van der Waals surface area contributed by atoms with E-state index in [0.717, 1.165) is 14.9 Å². The number of nitrogens with two attached hydrogens (primary N) is 1. The van der Waals surface area contributed by atoms with Crippen molar-refractivity contribution in [2.75, 3.05) is 25.1 Å². The Morgan fingerprint density at radius 3 is 2.67 bits per heavy atom. The molecule has 0 fully saturated rings. The minimum absolute atomic E-state index is 0.110. The van der Waals surface area contributed by atoms with E-state index >= 15 is 0 Å². The molecule has 2 aromatic rings. The highest BCUT2D eigenvalue weighted by Crippen LogP contribution is 2.29. The number of aryl methyl sites for hydroxylation is 1. The molecular formula is C13H18N4O2S2. The second kappa shape index (κ2) is 6.00. The van der Waals surface area contributed by atoms with Crippen molar-refractivity contribution in [2.24, 2.45) is 0 Å². The van der Waals surface area contributed by atoms with Crippen molar-refractivity contribution in [3.63, 3.8) is 0 Å². The molecule has 21 heavy (non-hydrogen) atoms. The first-order chi connectivity index (χ1) is 9.84. The van der Waals surface area contributed by atoms with E-state index in [-0.39, 0.29) is 10.6 Å². The van der Waals surface area contributed by atoms with Crippen molar-refractivity contribution < 1.29 is 8.42 Å². The summed E-state index contributed by atoms with van der Waals surface area (Å²) in [4.78, 5) is 5.38. The molecule has 114 valence electrons. The highest BCUT2D eigenvalue weighted by Gasteiger charge is 2.21. The standard InChI is InChI=1S/C13H18N4O2S2/c1-9-11(20-8-16-9)7-15-10-5-4-6-12(13(10)14)21(18,19)17(2)3/h4-6,8,15H,7,14H2,1-3H3. The number of anilines is 2. The summed E-state index contributed by atoms with van der Waals surface area (Å²) >= 11 is 1.55. The lowest BCUT2D eigenvalue weighted by atomic mass is 10.2. The summed E-state index contributed by atoms with van der Waals surface area (Å²) in [5.74, 6) is 0. The monoisotopic (exact) mass is 326 g/mol. The molecule has 0 amide bonds. The molecule has 0 atom stereocenters. The van der Waals surface area contributed by atoms with Gasteiger partial charge in [-0.05, 0) is 19.1 Å². The largest absolute Gasteiger partial charge is 0.396 e. The predicted molar refractivity (Wildman–Crippen MR) is 85.9 cm³/mol. The van der Waals surface area contributed by atoms with E-state index in [4.69, 9.17) is 5.73 Å². The topological polar surface area (TPSA) is 88.3 Å². The maximum atomic E-state index is 12.2. The maximum Gasteiger partial charge on any atom is 0.244 e. The number of hydrogen-bond donors (Lipinski definition) is 2. The van der Waals surface area contributed by atoms with Crippen LogP contribution in [-0.4, -0.2) is 31.8 Å². The molecule has 0 aliphatic heterocycles. The second-order valence-electron chi connectivity index (χ2n) is 4.72. The highest BCUT2D eigenvalue weighted by atomic mass is 32.2. The lowest BCUT2D eigenvalue weighted by Gasteiger charge is -2.16. The van der Waals surface area contributed by atoms with Crippen molar-refractivity contribution in [2.45, 2.75) is 18.4 Å². The summed E-state index contributed by atoms with van der Waals surface area (Å²) in [5, 5.41) is 3.17. The van der Waals surface area contributed by atoms with E-state index in [0.29, 0.717) is 12.2 Å². The fourth-order valence-electron chi connectivity index (χ4n) is 1.79. The molecule has 1 aromatic heterocycles. The lowest BCUT2D eigenvalue weighted by Crippen LogP contribution is -2.23. The number of hydrogen-bond acceptors (Lipinski definition) is 6. The van der Waals surface area contributed by atoms with Gasteiger partial charge in [-0.25, -0.2) is 17.7 Å². The van der Waals surface area contributed by atoms with Crippen LogP contribution in [0.1, 0.15) is 10.6 Å². The van der Waals surface area contributed by atoms with Crippen molar-refractivity contribution in [3.05, 3.63) is 34.3 Å². The van der Waals surface area contributed by atoms with Gasteiger partial charge in [-0.3, -0.25) is 0 Å². The zero-order valence-electron chi connectivity index (χ0n) is 12.1. The normalized spacial score (nSPS) is 11.8.